The topological polar surface area (TPSA) is 49.3 Å². The van der Waals surface area contributed by atoms with Gasteiger partial charge in [0.05, 0.1) is 0 Å². The first-order chi connectivity index (χ1) is 8.15. The third kappa shape index (κ3) is 5.52. The lowest BCUT2D eigenvalue weighted by Gasteiger charge is -2.12. The Labute approximate surface area is 115 Å². The molecule has 0 aliphatic carbocycles. The van der Waals surface area contributed by atoms with Gasteiger partial charge < -0.3 is 10.4 Å². The van der Waals surface area contributed by atoms with E-state index in [4.69, 9.17) is 0 Å². The molecular formula is C14H22ClNO2. The van der Waals surface area contributed by atoms with Crippen molar-refractivity contribution in [3.8, 4) is 0 Å². The molecule has 1 atom stereocenters. The van der Waals surface area contributed by atoms with Crippen LogP contribution in [0.25, 0.3) is 0 Å². The smallest absolute Gasteiger partial charge is 0.253 e. The zero-order valence-electron chi connectivity index (χ0n) is 11.0. The normalized spacial score (nSPS) is 11.5. The van der Waals surface area contributed by atoms with Crippen LogP contribution in [0.2, 0.25) is 0 Å². The molecule has 1 rings (SSSR count). The van der Waals surface area contributed by atoms with Crippen molar-refractivity contribution in [2.45, 2.75) is 45.6 Å². The molecule has 3 nitrogen and oxygen atoms in total. The molecule has 4 heteroatoms. The van der Waals surface area contributed by atoms with Crippen LogP contribution in [0.1, 0.15) is 38.2 Å². The largest absolute Gasteiger partial charge is 0.383 e. The van der Waals surface area contributed by atoms with Crippen LogP contribution >= 0.6 is 12.4 Å². The molecule has 1 aromatic rings. The summed E-state index contributed by atoms with van der Waals surface area (Å²) in [7, 11) is 0. The molecule has 2 N–H and O–H groups in total. The Bertz CT molecular complexity index is 369. The average Bonchev–Trinajstić information content (AvgIpc) is 2.32. The molecule has 0 bridgehead atoms. The third-order valence-corrected chi connectivity index (χ3v) is 2.79. The van der Waals surface area contributed by atoms with Gasteiger partial charge in [-0.3, -0.25) is 4.79 Å². The van der Waals surface area contributed by atoms with Crippen LogP contribution in [0.4, 0.5) is 5.69 Å². The van der Waals surface area contributed by atoms with E-state index in [1.54, 1.807) is 0 Å². The molecule has 18 heavy (non-hydrogen) atoms. The Balaban J connectivity index is 0.00000289. The van der Waals surface area contributed by atoms with E-state index in [2.05, 4.69) is 12.2 Å². The molecule has 0 saturated carbocycles. The quantitative estimate of drug-likeness (QED) is 0.780. The van der Waals surface area contributed by atoms with Crippen molar-refractivity contribution in [1.29, 1.82) is 0 Å². The van der Waals surface area contributed by atoms with Crippen LogP contribution in [0, 0.1) is 6.92 Å². The fourth-order valence-corrected chi connectivity index (χ4v) is 1.65. The summed E-state index contributed by atoms with van der Waals surface area (Å²) in [5, 5.41) is 12.4. The Morgan fingerprint density at radius 2 is 2.00 bits per heavy atom. The molecule has 1 amide bonds. The molecular weight excluding hydrogens is 250 g/mol. The summed E-state index contributed by atoms with van der Waals surface area (Å²) >= 11 is 0. The third-order valence-electron chi connectivity index (χ3n) is 2.79. The van der Waals surface area contributed by atoms with Crippen LogP contribution in [-0.2, 0) is 4.79 Å². The van der Waals surface area contributed by atoms with Gasteiger partial charge in [-0.25, -0.2) is 0 Å². The van der Waals surface area contributed by atoms with Crippen molar-refractivity contribution in [2.24, 2.45) is 0 Å². The molecule has 0 saturated heterocycles. The molecule has 0 aliphatic rings. The van der Waals surface area contributed by atoms with Crippen LogP contribution in [0.3, 0.4) is 0 Å². The van der Waals surface area contributed by atoms with Gasteiger partial charge in [0.25, 0.3) is 5.91 Å². The van der Waals surface area contributed by atoms with E-state index < -0.39 is 6.10 Å². The highest BCUT2D eigenvalue weighted by Gasteiger charge is 2.14. The number of aliphatic hydroxyl groups is 1. The van der Waals surface area contributed by atoms with Crippen molar-refractivity contribution in [3.05, 3.63) is 29.8 Å². The van der Waals surface area contributed by atoms with Crippen LogP contribution in [0.15, 0.2) is 24.3 Å². The number of amides is 1. The number of nitrogens with one attached hydrogen (secondary N) is 1. The monoisotopic (exact) mass is 271 g/mol. The summed E-state index contributed by atoms with van der Waals surface area (Å²) in [6.07, 6.45) is 2.66. The molecule has 0 aromatic heterocycles. The maximum absolute atomic E-state index is 11.7. The second-order valence-electron chi connectivity index (χ2n) is 4.32. The number of hydrogen-bond donors (Lipinski definition) is 2. The van der Waals surface area contributed by atoms with Crippen LogP contribution in [-0.4, -0.2) is 17.1 Å². The number of unbranched alkanes of at least 4 members (excludes halogenated alkanes) is 2. The summed E-state index contributed by atoms with van der Waals surface area (Å²) in [4.78, 5) is 11.7. The van der Waals surface area contributed by atoms with Gasteiger partial charge in [0.15, 0.2) is 0 Å². The van der Waals surface area contributed by atoms with E-state index in [9.17, 15) is 9.90 Å². The average molecular weight is 272 g/mol. The van der Waals surface area contributed by atoms with E-state index in [0.717, 1.165) is 30.5 Å². The molecule has 0 heterocycles. The number of aryl methyl sites for hydroxylation is 1. The van der Waals surface area contributed by atoms with Gasteiger partial charge in [-0.2, -0.15) is 0 Å². The van der Waals surface area contributed by atoms with E-state index in [0.29, 0.717) is 6.42 Å². The summed E-state index contributed by atoms with van der Waals surface area (Å²) in [5.74, 6) is -0.310. The van der Waals surface area contributed by atoms with Gasteiger partial charge in [0.1, 0.15) is 6.10 Å². The highest BCUT2D eigenvalue weighted by molar-refractivity contribution is 5.94. The molecule has 0 aliphatic heterocycles. The Morgan fingerprint density at radius 1 is 1.33 bits per heavy atom. The molecule has 1 aromatic carbocycles. The van der Waals surface area contributed by atoms with Crippen molar-refractivity contribution in [1.82, 2.24) is 0 Å². The highest BCUT2D eigenvalue weighted by atomic mass is 35.5. The second kappa shape index (κ2) is 8.95. The van der Waals surface area contributed by atoms with Gasteiger partial charge in [-0.15, -0.1) is 12.4 Å². The lowest BCUT2D eigenvalue weighted by Crippen LogP contribution is -2.27. The van der Waals surface area contributed by atoms with Crippen molar-refractivity contribution in [3.63, 3.8) is 0 Å². The van der Waals surface area contributed by atoms with E-state index >= 15 is 0 Å². The SMILES string of the molecule is CCCCCC(O)C(=O)Nc1ccccc1C.Cl. The summed E-state index contributed by atoms with van der Waals surface area (Å²) in [5.41, 5.74) is 1.77. The zero-order valence-corrected chi connectivity index (χ0v) is 11.8. The number of anilines is 1. The number of hydrogen-bond acceptors (Lipinski definition) is 2. The maximum atomic E-state index is 11.7. The van der Waals surface area contributed by atoms with E-state index in [1.807, 2.05) is 31.2 Å². The highest BCUT2D eigenvalue weighted by Crippen LogP contribution is 2.14. The minimum atomic E-state index is -0.902. The summed E-state index contributed by atoms with van der Waals surface area (Å²) in [6, 6.07) is 7.56. The van der Waals surface area contributed by atoms with Crippen molar-refractivity contribution >= 4 is 24.0 Å². The first-order valence-electron chi connectivity index (χ1n) is 6.19. The Morgan fingerprint density at radius 3 is 2.61 bits per heavy atom. The molecule has 102 valence electrons. The lowest BCUT2D eigenvalue weighted by molar-refractivity contribution is -0.124. The van der Waals surface area contributed by atoms with Gasteiger partial charge in [-0.05, 0) is 25.0 Å². The Kier molecular flexibility index (Phi) is 8.42. The lowest BCUT2D eigenvalue weighted by atomic mass is 10.1. The molecule has 1 unspecified atom stereocenters. The molecule has 0 radical (unpaired) electrons. The second-order valence-corrected chi connectivity index (χ2v) is 4.32. The van der Waals surface area contributed by atoms with E-state index in [1.165, 1.54) is 0 Å². The number of halogens is 1. The zero-order chi connectivity index (χ0) is 12.7. The number of benzene rings is 1. The van der Waals surface area contributed by atoms with Crippen molar-refractivity contribution < 1.29 is 9.90 Å². The minimum Gasteiger partial charge on any atom is -0.383 e. The first kappa shape index (κ1) is 16.9. The van der Waals surface area contributed by atoms with Gasteiger partial charge in [-0.1, -0.05) is 44.4 Å². The first-order valence-corrected chi connectivity index (χ1v) is 6.19. The number of rotatable bonds is 6. The van der Waals surface area contributed by atoms with Gasteiger partial charge in [0.2, 0.25) is 0 Å². The number of carbonyl (C=O) groups is 1. The molecule has 0 spiro atoms. The predicted octanol–water partition coefficient (Wildman–Crippen LogP) is 3.30. The van der Waals surface area contributed by atoms with Gasteiger partial charge in [0, 0.05) is 5.69 Å². The standard InChI is InChI=1S/C14H21NO2.ClH/c1-3-4-5-10-13(16)14(17)15-12-9-7-6-8-11(12)2;/h6-9,13,16H,3-5,10H2,1-2H3,(H,15,17);1H. The minimum absolute atomic E-state index is 0. The van der Waals surface area contributed by atoms with Crippen LogP contribution < -0.4 is 5.32 Å². The van der Waals surface area contributed by atoms with Crippen molar-refractivity contribution in [2.75, 3.05) is 5.32 Å². The van der Waals surface area contributed by atoms with Crippen LogP contribution in [0.5, 0.6) is 0 Å². The summed E-state index contributed by atoms with van der Waals surface area (Å²) in [6.45, 7) is 4.03. The van der Waals surface area contributed by atoms with E-state index in [-0.39, 0.29) is 18.3 Å². The fourth-order valence-electron chi connectivity index (χ4n) is 1.65. The predicted molar refractivity (Wildman–Crippen MR) is 77.2 cm³/mol. The number of aliphatic hydroxyl groups excluding tert-OH is 1. The Hall–Kier alpha value is -1.06. The van der Waals surface area contributed by atoms with Gasteiger partial charge >= 0.3 is 0 Å². The molecule has 0 fully saturated rings. The maximum Gasteiger partial charge on any atom is 0.253 e. The fraction of sp³-hybridized carbons (Fsp3) is 0.500. The summed E-state index contributed by atoms with van der Waals surface area (Å²) < 4.78 is 0. The number of carbonyl (C=O) groups excluding carboxylic acids is 1. The number of para-hydroxylation sites is 1.